The summed E-state index contributed by atoms with van der Waals surface area (Å²) in [6.45, 7) is 0.447. The Balaban J connectivity index is 2.85. The normalized spacial score (nSPS) is 12.5. The Labute approximate surface area is 76.2 Å². The standard InChI is InChI=1S/C9H12N2O2/c10-5-6-1-3-7(4-2-6)8(11)9(12)13/h1-4,8H,5,10-11H2,(H,12,13)/t8-/m1/s1. The van der Waals surface area contributed by atoms with Crippen molar-refractivity contribution in [1.82, 2.24) is 0 Å². The van der Waals surface area contributed by atoms with Crippen molar-refractivity contribution in [2.45, 2.75) is 12.6 Å². The second-order valence-electron chi connectivity index (χ2n) is 2.76. The molecule has 0 saturated carbocycles. The van der Waals surface area contributed by atoms with Gasteiger partial charge in [-0.2, -0.15) is 0 Å². The number of aliphatic carboxylic acids is 1. The van der Waals surface area contributed by atoms with Gasteiger partial charge >= 0.3 is 5.97 Å². The van der Waals surface area contributed by atoms with Crippen LogP contribution in [0.15, 0.2) is 24.3 Å². The Hall–Kier alpha value is -1.39. The number of nitrogens with two attached hydrogens (primary N) is 2. The zero-order chi connectivity index (χ0) is 9.84. The summed E-state index contributed by atoms with van der Waals surface area (Å²) in [5, 5.41) is 8.61. The monoisotopic (exact) mass is 180 g/mol. The molecule has 1 aromatic carbocycles. The van der Waals surface area contributed by atoms with Crippen LogP contribution in [0.25, 0.3) is 0 Å². The van der Waals surface area contributed by atoms with Gasteiger partial charge in [-0.3, -0.25) is 4.79 Å². The van der Waals surface area contributed by atoms with Gasteiger partial charge in [-0.1, -0.05) is 24.3 Å². The molecule has 0 unspecified atom stereocenters. The van der Waals surface area contributed by atoms with Gasteiger partial charge in [0, 0.05) is 6.54 Å². The highest BCUT2D eigenvalue weighted by Gasteiger charge is 2.12. The van der Waals surface area contributed by atoms with Crippen LogP contribution in [0.2, 0.25) is 0 Å². The maximum absolute atomic E-state index is 10.5. The van der Waals surface area contributed by atoms with Crippen LogP contribution in [0.1, 0.15) is 17.2 Å². The number of hydrogen-bond acceptors (Lipinski definition) is 3. The highest BCUT2D eigenvalue weighted by atomic mass is 16.4. The molecular weight excluding hydrogens is 168 g/mol. The summed E-state index contributed by atoms with van der Waals surface area (Å²) in [5.41, 5.74) is 12.3. The third kappa shape index (κ3) is 2.27. The summed E-state index contributed by atoms with van der Waals surface area (Å²) in [4.78, 5) is 10.5. The van der Waals surface area contributed by atoms with Gasteiger partial charge in [0.15, 0.2) is 0 Å². The van der Waals surface area contributed by atoms with E-state index in [1.807, 2.05) is 0 Å². The van der Waals surface area contributed by atoms with E-state index in [1.165, 1.54) is 0 Å². The first kappa shape index (κ1) is 9.70. The number of carboxylic acid groups (broad SMARTS) is 1. The molecule has 0 fully saturated rings. The number of rotatable bonds is 3. The van der Waals surface area contributed by atoms with E-state index in [-0.39, 0.29) is 0 Å². The molecule has 1 rings (SSSR count). The van der Waals surface area contributed by atoms with Gasteiger partial charge < -0.3 is 16.6 Å². The maximum atomic E-state index is 10.5. The minimum Gasteiger partial charge on any atom is -0.480 e. The predicted octanol–water partition coefficient (Wildman–Crippen LogP) is 0.230. The van der Waals surface area contributed by atoms with Gasteiger partial charge in [0.1, 0.15) is 6.04 Å². The molecule has 5 N–H and O–H groups in total. The van der Waals surface area contributed by atoms with E-state index in [9.17, 15) is 4.79 Å². The van der Waals surface area contributed by atoms with E-state index in [0.29, 0.717) is 12.1 Å². The smallest absolute Gasteiger partial charge is 0.325 e. The van der Waals surface area contributed by atoms with Gasteiger partial charge in [0.2, 0.25) is 0 Å². The number of hydrogen-bond donors (Lipinski definition) is 3. The van der Waals surface area contributed by atoms with Crippen molar-refractivity contribution in [3.8, 4) is 0 Å². The minimum atomic E-state index is -1.03. The summed E-state index contributed by atoms with van der Waals surface area (Å²) in [7, 11) is 0. The molecule has 0 aliphatic heterocycles. The molecule has 70 valence electrons. The molecule has 0 aliphatic rings. The molecule has 0 aromatic heterocycles. The molecule has 0 aliphatic carbocycles. The van der Waals surface area contributed by atoms with Crippen molar-refractivity contribution in [3.63, 3.8) is 0 Å². The van der Waals surface area contributed by atoms with Crippen LogP contribution in [-0.4, -0.2) is 11.1 Å². The van der Waals surface area contributed by atoms with Crippen LogP contribution in [0.5, 0.6) is 0 Å². The van der Waals surface area contributed by atoms with Crippen molar-refractivity contribution in [3.05, 3.63) is 35.4 Å². The molecule has 4 heteroatoms. The Morgan fingerprint density at radius 3 is 2.31 bits per heavy atom. The van der Waals surface area contributed by atoms with Crippen LogP contribution in [-0.2, 0) is 11.3 Å². The number of benzene rings is 1. The van der Waals surface area contributed by atoms with Gasteiger partial charge in [0.25, 0.3) is 0 Å². The van der Waals surface area contributed by atoms with Crippen LogP contribution >= 0.6 is 0 Å². The molecule has 1 aromatic rings. The van der Waals surface area contributed by atoms with E-state index < -0.39 is 12.0 Å². The van der Waals surface area contributed by atoms with Crippen molar-refractivity contribution in [1.29, 1.82) is 0 Å². The molecule has 0 spiro atoms. The highest BCUT2D eigenvalue weighted by molar-refractivity contribution is 5.75. The van der Waals surface area contributed by atoms with E-state index in [1.54, 1.807) is 24.3 Å². The second-order valence-corrected chi connectivity index (χ2v) is 2.76. The van der Waals surface area contributed by atoms with Crippen molar-refractivity contribution in [2.24, 2.45) is 11.5 Å². The number of carbonyl (C=O) groups is 1. The fourth-order valence-electron chi connectivity index (χ4n) is 1.00. The summed E-state index contributed by atoms with van der Waals surface area (Å²) >= 11 is 0. The Bertz CT molecular complexity index is 295. The highest BCUT2D eigenvalue weighted by Crippen LogP contribution is 2.11. The lowest BCUT2D eigenvalue weighted by Gasteiger charge is -2.06. The van der Waals surface area contributed by atoms with E-state index >= 15 is 0 Å². The van der Waals surface area contributed by atoms with Gasteiger partial charge in [0.05, 0.1) is 0 Å². The summed E-state index contributed by atoms with van der Waals surface area (Å²) in [5.74, 6) is -1.03. The number of carboxylic acids is 1. The van der Waals surface area contributed by atoms with E-state index in [0.717, 1.165) is 5.56 Å². The fourth-order valence-corrected chi connectivity index (χ4v) is 1.00. The first-order chi connectivity index (χ1) is 6.15. The van der Waals surface area contributed by atoms with Crippen LogP contribution in [0, 0.1) is 0 Å². The van der Waals surface area contributed by atoms with Gasteiger partial charge in [-0.15, -0.1) is 0 Å². The van der Waals surface area contributed by atoms with Crippen LogP contribution < -0.4 is 11.5 Å². The molecule has 0 saturated heterocycles. The first-order valence-corrected chi connectivity index (χ1v) is 3.92. The molecule has 0 bridgehead atoms. The molecular formula is C9H12N2O2. The molecule has 0 heterocycles. The Morgan fingerprint density at radius 2 is 1.92 bits per heavy atom. The largest absolute Gasteiger partial charge is 0.480 e. The zero-order valence-electron chi connectivity index (χ0n) is 7.10. The summed E-state index contributed by atoms with van der Waals surface area (Å²) < 4.78 is 0. The van der Waals surface area contributed by atoms with Gasteiger partial charge in [-0.25, -0.2) is 0 Å². The Morgan fingerprint density at radius 1 is 1.38 bits per heavy atom. The molecule has 0 radical (unpaired) electrons. The quantitative estimate of drug-likeness (QED) is 0.621. The van der Waals surface area contributed by atoms with Crippen LogP contribution in [0.4, 0.5) is 0 Å². The van der Waals surface area contributed by atoms with E-state index in [2.05, 4.69) is 0 Å². The lowest BCUT2D eigenvalue weighted by molar-refractivity contribution is -0.138. The summed E-state index contributed by atoms with van der Waals surface area (Å²) in [6.07, 6.45) is 0. The Kier molecular flexibility index (Phi) is 3.00. The third-order valence-electron chi connectivity index (χ3n) is 1.84. The predicted molar refractivity (Wildman–Crippen MR) is 48.9 cm³/mol. The lowest BCUT2D eigenvalue weighted by Crippen LogP contribution is -2.20. The van der Waals surface area contributed by atoms with Gasteiger partial charge in [-0.05, 0) is 11.1 Å². The minimum absolute atomic E-state index is 0.447. The summed E-state index contributed by atoms with van der Waals surface area (Å²) in [6, 6.07) is 5.96. The fraction of sp³-hybridized carbons (Fsp3) is 0.222. The SMILES string of the molecule is NCc1ccc([C@@H](N)C(=O)O)cc1. The molecule has 4 nitrogen and oxygen atoms in total. The maximum Gasteiger partial charge on any atom is 0.325 e. The third-order valence-corrected chi connectivity index (χ3v) is 1.84. The second kappa shape index (κ2) is 4.02. The molecule has 13 heavy (non-hydrogen) atoms. The lowest BCUT2D eigenvalue weighted by atomic mass is 10.1. The molecule has 1 atom stereocenters. The first-order valence-electron chi connectivity index (χ1n) is 3.92. The average molecular weight is 180 g/mol. The van der Waals surface area contributed by atoms with E-state index in [4.69, 9.17) is 16.6 Å². The molecule has 0 amide bonds. The zero-order valence-corrected chi connectivity index (χ0v) is 7.10. The average Bonchev–Trinajstić information content (AvgIpc) is 2.17. The topological polar surface area (TPSA) is 89.3 Å². The van der Waals surface area contributed by atoms with Crippen molar-refractivity contribution < 1.29 is 9.90 Å². The van der Waals surface area contributed by atoms with Crippen molar-refractivity contribution in [2.75, 3.05) is 0 Å². The van der Waals surface area contributed by atoms with Crippen LogP contribution in [0.3, 0.4) is 0 Å². The van der Waals surface area contributed by atoms with Crippen molar-refractivity contribution >= 4 is 5.97 Å².